The summed E-state index contributed by atoms with van der Waals surface area (Å²) >= 11 is 0. The van der Waals surface area contributed by atoms with Gasteiger partial charge in [-0.25, -0.2) is 0 Å². The van der Waals surface area contributed by atoms with Gasteiger partial charge >= 0.3 is 0 Å². The summed E-state index contributed by atoms with van der Waals surface area (Å²) in [7, 11) is 4.36. The number of H-pyrrole nitrogens is 1. The number of carbonyl (C=O) groups excluding carboxylic acids is 1. The van der Waals surface area contributed by atoms with Crippen molar-refractivity contribution in [1.29, 1.82) is 0 Å². The average Bonchev–Trinajstić information content (AvgIpc) is 2.83. The van der Waals surface area contributed by atoms with Crippen LogP contribution >= 0.6 is 0 Å². The van der Waals surface area contributed by atoms with E-state index in [2.05, 4.69) is 59.3 Å². The van der Waals surface area contributed by atoms with Crippen LogP contribution in [0.15, 0.2) is 41.2 Å². The summed E-state index contributed by atoms with van der Waals surface area (Å²) in [5.41, 5.74) is 5.37. The molecule has 0 bridgehead atoms. The molecule has 6 heteroatoms. The van der Waals surface area contributed by atoms with Gasteiger partial charge in [-0.15, -0.1) is 0 Å². The van der Waals surface area contributed by atoms with Crippen molar-refractivity contribution in [1.82, 2.24) is 15.2 Å². The van der Waals surface area contributed by atoms with Crippen molar-refractivity contribution in [3.8, 4) is 0 Å². The maximum atomic E-state index is 13.4. The lowest BCUT2D eigenvalue weighted by molar-refractivity contribution is 0.0950. The van der Waals surface area contributed by atoms with Crippen LogP contribution in [-0.2, 0) is 19.4 Å². The number of benzene rings is 1. The van der Waals surface area contributed by atoms with E-state index in [1.165, 1.54) is 31.4 Å². The highest BCUT2D eigenvalue weighted by molar-refractivity contribution is 5.97. The van der Waals surface area contributed by atoms with Gasteiger partial charge in [0.25, 0.3) is 11.5 Å². The zero-order chi connectivity index (χ0) is 24.9. The van der Waals surface area contributed by atoms with E-state index in [-0.39, 0.29) is 18.0 Å². The fraction of sp³-hybridized carbons (Fsp3) is 0.517. The number of amides is 1. The minimum Gasteiger partial charge on any atom is -0.369 e. The number of fused-ring (bicyclic) bond motifs is 2. The Balaban J connectivity index is 1.64. The van der Waals surface area contributed by atoms with Crippen LogP contribution in [0.2, 0.25) is 0 Å². The van der Waals surface area contributed by atoms with E-state index >= 15 is 0 Å². The Bertz CT molecular complexity index is 1130. The largest absolute Gasteiger partial charge is 0.369 e. The van der Waals surface area contributed by atoms with Crippen LogP contribution in [0.3, 0.4) is 0 Å². The molecule has 0 saturated heterocycles. The van der Waals surface area contributed by atoms with Gasteiger partial charge in [-0.3, -0.25) is 9.59 Å². The molecule has 0 atom stereocenters. The second-order valence-corrected chi connectivity index (χ2v) is 10.2. The van der Waals surface area contributed by atoms with Gasteiger partial charge < -0.3 is 20.1 Å². The zero-order valence-corrected chi connectivity index (χ0v) is 21.7. The first-order valence-electron chi connectivity index (χ1n) is 13.1. The third kappa shape index (κ3) is 5.69. The van der Waals surface area contributed by atoms with Gasteiger partial charge in [0.1, 0.15) is 0 Å². The van der Waals surface area contributed by atoms with Crippen molar-refractivity contribution in [2.45, 2.75) is 77.4 Å². The van der Waals surface area contributed by atoms with Crippen molar-refractivity contribution >= 4 is 11.6 Å². The fourth-order valence-electron chi connectivity index (χ4n) is 5.81. The number of pyridine rings is 1. The summed E-state index contributed by atoms with van der Waals surface area (Å²) in [6.45, 7) is 5.27. The molecule has 4 rings (SSSR count). The van der Waals surface area contributed by atoms with Crippen molar-refractivity contribution in [3.63, 3.8) is 0 Å². The molecule has 1 aliphatic heterocycles. The number of rotatable bonds is 4. The number of aromatic amines is 1. The van der Waals surface area contributed by atoms with E-state index in [4.69, 9.17) is 0 Å². The SMILES string of the molecule is CCN(c1cccc2c1C/C=C\CCc1cc(C)[nH]c(=O)c1CNC2=O)C1CCC(N(C)C)CC1. The predicted octanol–water partition coefficient (Wildman–Crippen LogP) is 4.36. The second-order valence-electron chi connectivity index (χ2n) is 10.2. The highest BCUT2D eigenvalue weighted by Gasteiger charge is 2.28. The molecule has 1 aromatic carbocycles. The van der Waals surface area contributed by atoms with Crippen LogP contribution < -0.4 is 15.8 Å². The van der Waals surface area contributed by atoms with E-state index in [1.54, 1.807) is 0 Å². The first-order valence-corrected chi connectivity index (χ1v) is 13.1. The summed E-state index contributed by atoms with van der Waals surface area (Å²) in [6, 6.07) is 9.27. The summed E-state index contributed by atoms with van der Waals surface area (Å²) in [6.07, 6.45) is 11.5. The Morgan fingerprint density at radius 1 is 1.00 bits per heavy atom. The lowest BCUT2D eigenvalue weighted by Crippen LogP contribution is -2.42. The number of anilines is 1. The van der Waals surface area contributed by atoms with Crippen molar-refractivity contribution in [2.24, 2.45) is 0 Å². The van der Waals surface area contributed by atoms with E-state index in [9.17, 15) is 9.59 Å². The number of carbonyl (C=O) groups is 1. The summed E-state index contributed by atoms with van der Waals surface area (Å²) < 4.78 is 0. The molecule has 6 nitrogen and oxygen atoms in total. The van der Waals surface area contributed by atoms with Gasteiger partial charge in [-0.1, -0.05) is 18.2 Å². The molecule has 1 aromatic heterocycles. The highest BCUT2D eigenvalue weighted by Crippen LogP contribution is 2.33. The van der Waals surface area contributed by atoms with Gasteiger partial charge in [0.2, 0.25) is 0 Å². The molecule has 2 aromatic rings. The Morgan fingerprint density at radius 2 is 1.74 bits per heavy atom. The molecule has 1 saturated carbocycles. The number of hydrogen-bond donors (Lipinski definition) is 2. The van der Waals surface area contributed by atoms with E-state index in [0.29, 0.717) is 23.2 Å². The Labute approximate surface area is 209 Å². The molecule has 0 radical (unpaired) electrons. The standard InChI is InChI=1S/C29H40N4O2/c1-5-33(23-16-14-22(15-17-23)32(3)4)27-13-9-12-25-24(27)11-8-6-7-10-21-18-20(2)31-29(35)26(21)19-30-28(25)34/h6,8-9,12-13,18,22-23H,5,7,10-11,14-17,19H2,1-4H3,(H,30,34)(H,31,35)/b8-6-. The van der Waals surface area contributed by atoms with Crippen LogP contribution in [0.5, 0.6) is 0 Å². The molecule has 1 aliphatic carbocycles. The van der Waals surface area contributed by atoms with Crippen LogP contribution in [0, 0.1) is 6.92 Å². The first kappa shape index (κ1) is 25.2. The van der Waals surface area contributed by atoms with Gasteiger partial charge in [0, 0.05) is 47.7 Å². The summed E-state index contributed by atoms with van der Waals surface area (Å²) in [4.78, 5) is 33.8. The number of allylic oxidation sites excluding steroid dienone is 2. The Morgan fingerprint density at radius 3 is 2.46 bits per heavy atom. The molecule has 2 N–H and O–H groups in total. The van der Waals surface area contributed by atoms with Crippen LogP contribution in [0.1, 0.15) is 71.8 Å². The van der Waals surface area contributed by atoms with E-state index < -0.39 is 0 Å². The average molecular weight is 477 g/mol. The first-order chi connectivity index (χ1) is 16.9. The molecule has 0 unspecified atom stereocenters. The summed E-state index contributed by atoms with van der Waals surface area (Å²) in [5, 5.41) is 3.05. The quantitative estimate of drug-likeness (QED) is 0.644. The normalized spacial score (nSPS) is 21.8. The molecular weight excluding hydrogens is 436 g/mol. The van der Waals surface area contributed by atoms with Crippen LogP contribution in [0.25, 0.3) is 0 Å². The van der Waals surface area contributed by atoms with Gasteiger partial charge in [0.05, 0.1) is 0 Å². The van der Waals surface area contributed by atoms with Gasteiger partial charge in [-0.05, 0) is 102 Å². The molecule has 2 heterocycles. The molecule has 188 valence electrons. The minimum atomic E-state index is -0.117. The smallest absolute Gasteiger partial charge is 0.253 e. The topological polar surface area (TPSA) is 68.4 Å². The predicted molar refractivity (Wildman–Crippen MR) is 143 cm³/mol. The van der Waals surface area contributed by atoms with Crippen molar-refractivity contribution in [2.75, 3.05) is 25.5 Å². The number of nitrogens with one attached hydrogen (secondary N) is 2. The van der Waals surface area contributed by atoms with E-state index in [1.807, 2.05) is 25.1 Å². The van der Waals surface area contributed by atoms with Gasteiger partial charge in [0.15, 0.2) is 0 Å². The number of aromatic nitrogens is 1. The number of aryl methyl sites for hydroxylation is 2. The van der Waals surface area contributed by atoms with Crippen LogP contribution in [0.4, 0.5) is 5.69 Å². The maximum Gasteiger partial charge on any atom is 0.253 e. The summed E-state index contributed by atoms with van der Waals surface area (Å²) in [5.74, 6) is -0.117. The minimum absolute atomic E-state index is 0.110. The molecule has 1 amide bonds. The molecule has 2 aliphatic rings. The number of hydrogen-bond acceptors (Lipinski definition) is 4. The fourth-order valence-corrected chi connectivity index (χ4v) is 5.81. The second kappa shape index (κ2) is 11.3. The molecule has 35 heavy (non-hydrogen) atoms. The number of nitrogens with zero attached hydrogens (tertiary/aromatic N) is 2. The lowest BCUT2D eigenvalue weighted by atomic mass is 9.88. The Hall–Kier alpha value is -2.86. The van der Waals surface area contributed by atoms with Crippen LogP contribution in [-0.4, -0.2) is 48.5 Å². The monoisotopic (exact) mass is 476 g/mol. The van der Waals surface area contributed by atoms with Gasteiger partial charge in [-0.2, -0.15) is 0 Å². The van der Waals surface area contributed by atoms with Crippen molar-refractivity contribution in [3.05, 3.63) is 74.7 Å². The third-order valence-corrected chi connectivity index (χ3v) is 7.74. The highest BCUT2D eigenvalue weighted by atomic mass is 16.1. The Kier molecular flexibility index (Phi) is 8.11. The zero-order valence-electron chi connectivity index (χ0n) is 21.7. The molecular formula is C29H40N4O2. The molecule has 0 spiro atoms. The van der Waals surface area contributed by atoms with Crippen molar-refractivity contribution < 1.29 is 4.79 Å². The maximum absolute atomic E-state index is 13.4. The van der Waals surface area contributed by atoms with E-state index in [0.717, 1.165) is 42.6 Å². The third-order valence-electron chi connectivity index (χ3n) is 7.74. The molecule has 1 fully saturated rings. The lowest BCUT2D eigenvalue weighted by Gasteiger charge is -2.40.